The summed E-state index contributed by atoms with van der Waals surface area (Å²) in [4.78, 5) is 36.9. The summed E-state index contributed by atoms with van der Waals surface area (Å²) in [5, 5.41) is 9.22. The van der Waals surface area contributed by atoms with Gasteiger partial charge in [0.2, 0.25) is 0 Å². The Balaban J connectivity index is 1.57. The lowest BCUT2D eigenvalue weighted by Gasteiger charge is -2.13. The molecular weight excluding hydrogens is 500 g/mol. The maximum atomic E-state index is 12.4. The number of nitrogens with one attached hydrogen (secondary N) is 3. The number of para-hydroxylation sites is 3. The summed E-state index contributed by atoms with van der Waals surface area (Å²) >= 11 is 0. The average molecular weight is 533 g/mol. The first-order valence-corrected chi connectivity index (χ1v) is 12.6. The van der Waals surface area contributed by atoms with Gasteiger partial charge in [0.1, 0.15) is 5.75 Å². The Hall–Kier alpha value is -4.86. The number of hydrazone groups is 1. The fourth-order valence-electron chi connectivity index (χ4n) is 3.52. The van der Waals surface area contributed by atoms with E-state index in [1.165, 1.54) is 6.21 Å². The number of amides is 3. The van der Waals surface area contributed by atoms with Gasteiger partial charge >= 0.3 is 11.8 Å². The van der Waals surface area contributed by atoms with Crippen molar-refractivity contribution in [1.29, 1.82) is 0 Å². The first-order chi connectivity index (χ1) is 18.9. The highest BCUT2D eigenvalue weighted by atomic mass is 16.5. The molecule has 204 valence electrons. The quantitative estimate of drug-likeness (QED) is 0.183. The highest BCUT2D eigenvalue weighted by Gasteiger charge is 2.15. The summed E-state index contributed by atoms with van der Waals surface area (Å²) in [7, 11) is 0. The van der Waals surface area contributed by atoms with Gasteiger partial charge in [-0.15, -0.1) is 0 Å². The second-order valence-corrected chi connectivity index (χ2v) is 8.07. The van der Waals surface area contributed by atoms with E-state index in [0.29, 0.717) is 41.7 Å². The molecule has 0 saturated carbocycles. The normalized spacial score (nSPS) is 10.5. The van der Waals surface area contributed by atoms with E-state index in [9.17, 15) is 14.4 Å². The number of hydrogen-bond donors (Lipinski definition) is 3. The Kier molecular flexibility index (Phi) is 10.9. The molecule has 39 heavy (non-hydrogen) atoms. The molecule has 0 bridgehead atoms. The van der Waals surface area contributed by atoms with E-state index < -0.39 is 11.8 Å². The Morgan fingerprint density at radius 2 is 1.44 bits per heavy atom. The predicted octanol–water partition coefficient (Wildman–Crippen LogP) is 4.15. The Morgan fingerprint density at radius 1 is 0.744 bits per heavy atom. The van der Waals surface area contributed by atoms with Crippen LogP contribution in [0.5, 0.6) is 17.2 Å². The number of aryl methyl sites for hydroxylation is 1. The molecule has 0 fully saturated rings. The molecule has 0 aliphatic carbocycles. The highest BCUT2D eigenvalue weighted by Crippen LogP contribution is 2.28. The van der Waals surface area contributed by atoms with Gasteiger partial charge in [-0.05, 0) is 67.8 Å². The molecule has 0 aromatic heterocycles. The number of carbonyl (C=O) groups excluding carboxylic acids is 3. The van der Waals surface area contributed by atoms with Crippen LogP contribution in [-0.2, 0) is 20.8 Å². The number of benzene rings is 3. The molecule has 0 heterocycles. The summed E-state index contributed by atoms with van der Waals surface area (Å²) in [5.74, 6) is -0.896. The van der Waals surface area contributed by atoms with Crippen molar-refractivity contribution < 1.29 is 28.6 Å². The van der Waals surface area contributed by atoms with Gasteiger partial charge in [0.25, 0.3) is 5.91 Å². The topological polar surface area (TPSA) is 127 Å². The van der Waals surface area contributed by atoms with E-state index in [1.807, 2.05) is 45.0 Å². The first kappa shape index (κ1) is 28.7. The van der Waals surface area contributed by atoms with E-state index in [0.717, 1.165) is 17.7 Å². The van der Waals surface area contributed by atoms with Crippen molar-refractivity contribution in [3.05, 3.63) is 77.9 Å². The second-order valence-electron chi connectivity index (χ2n) is 8.07. The van der Waals surface area contributed by atoms with Gasteiger partial charge in [0, 0.05) is 5.69 Å². The molecule has 3 aromatic carbocycles. The van der Waals surface area contributed by atoms with Gasteiger partial charge in [-0.3, -0.25) is 14.4 Å². The Bertz CT molecular complexity index is 1320. The molecule has 10 nitrogen and oxygen atoms in total. The number of hydrogen-bond acceptors (Lipinski definition) is 7. The molecule has 10 heteroatoms. The van der Waals surface area contributed by atoms with Crippen LogP contribution >= 0.6 is 0 Å². The van der Waals surface area contributed by atoms with Crippen LogP contribution < -0.4 is 30.3 Å². The van der Waals surface area contributed by atoms with Crippen LogP contribution in [-0.4, -0.2) is 43.8 Å². The number of carbonyl (C=O) groups is 3. The zero-order valence-corrected chi connectivity index (χ0v) is 22.2. The molecule has 0 saturated heterocycles. The van der Waals surface area contributed by atoms with Gasteiger partial charge in [0.15, 0.2) is 18.1 Å². The molecule has 0 aliphatic heterocycles. The zero-order valence-electron chi connectivity index (χ0n) is 22.2. The second kappa shape index (κ2) is 14.8. The highest BCUT2D eigenvalue weighted by molar-refractivity contribution is 6.39. The van der Waals surface area contributed by atoms with E-state index in [4.69, 9.17) is 14.2 Å². The fraction of sp³-hybridized carbons (Fsp3) is 0.241. The molecule has 0 radical (unpaired) electrons. The molecule has 0 unspecified atom stereocenters. The maximum absolute atomic E-state index is 12.4. The third-order valence-electron chi connectivity index (χ3n) is 5.32. The minimum Gasteiger partial charge on any atom is -0.492 e. The number of anilines is 2. The van der Waals surface area contributed by atoms with Crippen molar-refractivity contribution in [2.24, 2.45) is 5.10 Å². The van der Waals surface area contributed by atoms with Crippen LogP contribution in [0.25, 0.3) is 0 Å². The summed E-state index contributed by atoms with van der Waals surface area (Å²) in [6, 6.07) is 19.4. The minimum absolute atomic E-state index is 0.205. The monoisotopic (exact) mass is 532 g/mol. The van der Waals surface area contributed by atoms with Crippen molar-refractivity contribution >= 4 is 35.3 Å². The zero-order chi connectivity index (χ0) is 28.0. The van der Waals surface area contributed by atoms with Gasteiger partial charge < -0.3 is 24.8 Å². The smallest absolute Gasteiger partial charge is 0.329 e. The lowest BCUT2D eigenvalue weighted by atomic mass is 10.1. The molecule has 3 rings (SSSR count). The Labute approximate surface area is 227 Å². The lowest BCUT2D eigenvalue weighted by molar-refractivity contribution is -0.136. The van der Waals surface area contributed by atoms with Crippen LogP contribution in [0.15, 0.2) is 71.8 Å². The van der Waals surface area contributed by atoms with E-state index in [2.05, 4.69) is 21.2 Å². The summed E-state index contributed by atoms with van der Waals surface area (Å²) in [6.45, 7) is 6.24. The van der Waals surface area contributed by atoms with Crippen LogP contribution in [0.3, 0.4) is 0 Å². The van der Waals surface area contributed by atoms with E-state index in [-0.39, 0.29) is 12.5 Å². The van der Waals surface area contributed by atoms with Gasteiger partial charge in [0.05, 0.1) is 25.1 Å². The number of nitrogens with zero attached hydrogens (tertiary/aromatic N) is 1. The van der Waals surface area contributed by atoms with Gasteiger partial charge in [-0.1, -0.05) is 37.3 Å². The van der Waals surface area contributed by atoms with Crippen molar-refractivity contribution in [2.75, 3.05) is 30.5 Å². The Morgan fingerprint density at radius 3 is 2.18 bits per heavy atom. The standard InChI is InChI=1S/C29H32N4O6/c1-4-21-11-7-8-12-22(21)31-27(34)19-39-25-16-15-20(17-26(25)38-6-3)18-30-33-29(36)28(35)32-23-13-9-10-14-24(23)37-5-2/h7-18H,4-6,19H2,1-3H3,(H,31,34)(H,32,35)(H,33,36)/b30-18-. The summed E-state index contributed by atoms with van der Waals surface area (Å²) in [5.41, 5.74) is 4.93. The first-order valence-electron chi connectivity index (χ1n) is 12.6. The average Bonchev–Trinajstić information content (AvgIpc) is 2.94. The van der Waals surface area contributed by atoms with Crippen molar-refractivity contribution in [2.45, 2.75) is 27.2 Å². The number of rotatable bonds is 12. The van der Waals surface area contributed by atoms with Crippen LogP contribution in [0.1, 0.15) is 31.9 Å². The SMILES string of the molecule is CCOc1ccccc1NC(=O)C(=O)N/N=C\c1ccc(OCC(=O)Nc2ccccc2CC)c(OCC)c1. The van der Waals surface area contributed by atoms with E-state index in [1.54, 1.807) is 42.5 Å². The van der Waals surface area contributed by atoms with E-state index >= 15 is 0 Å². The lowest BCUT2D eigenvalue weighted by Crippen LogP contribution is -2.32. The van der Waals surface area contributed by atoms with Crippen molar-refractivity contribution in [3.8, 4) is 17.2 Å². The minimum atomic E-state index is -0.946. The molecular formula is C29H32N4O6. The largest absolute Gasteiger partial charge is 0.492 e. The summed E-state index contributed by atoms with van der Waals surface area (Å²) in [6.07, 6.45) is 2.15. The fourth-order valence-corrected chi connectivity index (χ4v) is 3.52. The van der Waals surface area contributed by atoms with Crippen LogP contribution in [0, 0.1) is 0 Å². The third kappa shape index (κ3) is 8.60. The van der Waals surface area contributed by atoms with Gasteiger partial charge in [-0.2, -0.15) is 5.10 Å². The van der Waals surface area contributed by atoms with Crippen LogP contribution in [0.2, 0.25) is 0 Å². The van der Waals surface area contributed by atoms with Gasteiger partial charge in [-0.25, -0.2) is 5.43 Å². The van der Waals surface area contributed by atoms with Crippen molar-refractivity contribution in [3.63, 3.8) is 0 Å². The third-order valence-corrected chi connectivity index (χ3v) is 5.32. The molecule has 0 spiro atoms. The predicted molar refractivity (Wildman–Crippen MR) is 150 cm³/mol. The maximum Gasteiger partial charge on any atom is 0.329 e. The molecule has 0 atom stereocenters. The molecule has 3 amide bonds. The van der Waals surface area contributed by atoms with Crippen LogP contribution in [0.4, 0.5) is 11.4 Å². The van der Waals surface area contributed by atoms with Crippen molar-refractivity contribution in [1.82, 2.24) is 5.43 Å². The molecule has 3 N–H and O–H groups in total. The molecule has 0 aliphatic rings. The molecule has 3 aromatic rings. The summed E-state index contributed by atoms with van der Waals surface area (Å²) < 4.78 is 16.8. The number of ether oxygens (including phenoxy) is 3.